The van der Waals surface area contributed by atoms with Gasteiger partial charge in [0.15, 0.2) is 0 Å². The maximum Gasteiger partial charge on any atom is 0.243 e. The zero-order chi connectivity index (χ0) is 31.4. The second-order valence-electron chi connectivity index (χ2n) is 10.3. The van der Waals surface area contributed by atoms with Crippen molar-refractivity contribution in [2.45, 2.75) is 51.6 Å². The molecule has 0 heterocycles. The lowest BCUT2D eigenvalue weighted by molar-refractivity contribution is -0.141. The van der Waals surface area contributed by atoms with Gasteiger partial charge in [0.1, 0.15) is 11.8 Å². The van der Waals surface area contributed by atoms with Crippen LogP contribution in [0.3, 0.4) is 0 Å². The molecule has 0 saturated heterocycles. The van der Waals surface area contributed by atoms with Crippen molar-refractivity contribution >= 4 is 50.7 Å². The minimum absolute atomic E-state index is 0.0179. The Morgan fingerprint density at radius 2 is 1.67 bits per heavy atom. The third kappa shape index (κ3) is 10.4. The van der Waals surface area contributed by atoms with Gasteiger partial charge >= 0.3 is 0 Å². The predicted octanol–water partition coefficient (Wildman–Crippen LogP) is 6.10. The molecule has 0 saturated carbocycles. The molecule has 0 aliphatic heterocycles. The first-order valence-corrected chi connectivity index (χ1v) is 16.8. The van der Waals surface area contributed by atoms with Crippen molar-refractivity contribution < 1.29 is 22.7 Å². The summed E-state index contributed by atoms with van der Waals surface area (Å²) in [4.78, 5) is 29.1. The number of ether oxygens (including phenoxy) is 1. The van der Waals surface area contributed by atoms with Crippen molar-refractivity contribution in [3.8, 4) is 5.75 Å². The summed E-state index contributed by atoms with van der Waals surface area (Å²) in [6, 6.07) is 20.7. The van der Waals surface area contributed by atoms with Crippen molar-refractivity contribution in [2.24, 2.45) is 0 Å². The summed E-state index contributed by atoms with van der Waals surface area (Å²) in [6.07, 6.45) is 3.41. The van der Waals surface area contributed by atoms with Crippen LogP contribution < -0.4 is 14.4 Å². The number of carbonyl (C=O) groups excluding carboxylic acids is 2. The zero-order valence-electron chi connectivity index (χ0n) is 24.8. The number of unbranched alkanes of at least 4 members (excludes halogenated alkanes) is 1. The molecule has 1 atom stereocenters. The quantitative estimate of drug-likeness (QED) is 0.189. The Balaban J connectivity index is 1.88. The largest absolute Gasteiger partial charge is 0.495 e. The van der Waals surface area contributed by atoms with Gasteiger partial charge < -0.3 is 15.0 Å². The molecule has 0 bridgehead atoms. The number of nitrogens with zero attached hydrogens (tertiary/aromatic N) is 2. The smallest absolute Gasteiger partial charge is 0.243 e. The molecule has 0 aromatic heterocycles. The zero-order valence-corrected chi connectivity index (χ0v) is 27.1. The molecular weight excluding hydrogens is 609 g/mol. The van der Waals surface area contributed by atoms with Crippen molar-refractivity contribution in [1.29, 1.82) is 0 Å². The van der Waals surface area contributed by atoms with Gasteiger partial charge in [-0.25, -0.2) is 8.42 Å². The lowest BCUT2D eigenvalue weighted by Gasteiger charge is -2.32. The second kappa shape index (κ2) is 16.5. The van der Waals surface area contributed by atoms with Crippen LogP contribution in [0, 0.1) is 0 Å². The minimum atomic E-state index is -3.68. The number of amides is 2. The van der Waals surface area contributed by atoms with E-state index in [2.05, 4.69) is 5.32 Å². The molecule has 3 aromatic carbocycles. The highest BCUT2D eigenvalue weighted by Crippen LogP contribution is 2.30. The molecular formula is C32H39Cl2N3O5S. The molecule has 0 radical (unpaired) electrons. The van der Waals surface area contributed by atoms with E-state index in [1.54, 1.807) is 35.2 Å². The molecule has 0 aliphatic rings. The normalized spacial score (nSPS) is 11.9. The Labute approximate surface area is 265 Å². The van der Waals surface area contributed by atoms with Crippen LogP contribution in [0.15, 0.2) is 72.8 Å². The van der Waals surface area contributed by atoms with Gasteiger partial charge in [-0.2, -0.15) is 0 Å². The van der Waals surface area contributed by atoms with E-state index in [0.29, 0.717) is 29.4 Å². The Morgan fingerprint density at radius 3 is 2.30 bits per heavy atom. The third-order valence-corrected chi connectivity index (χ3v) is 8.64. The molecule has 43 heavy (non-hydrogen) atoms. The molecule has 11 heteroatoms. The van der Waals surface area contributed by atoms with E-state index in [4.69, 9.17) is 27.9 Å². The summed E-state index contributed by atoms with van der Waals surface area (Å²) in [5.74, 6) is -0.0848. The van der Waals surface area contributed by atoms with Crippen LogP contribution >= 0.6 is 23.2 Å². The topological polar surface area (TPSA) is 96.0 Å². The van der Waals surface area contributed by atoms with E-state index >= 15 is 0 Å². The molecule has 8 nitrogen and oxygen atoms in total. The number of nitrogens with one attached hydrogen (secondary N) is 1. The monoisotopic (exact) mass is 647 g/mol. The van der Waals surface area contributed by atoms with E-state index < -0.39 is 16.1 Å². The number of sulfonamides is 1. The fraction of sp³-hybridized carbons (Fsp3) is 0.375. The number of halogens is 2. The van der Waals surface area contributed by atoms with Crippen molar-refractivity contribution in [3.05, 3.63) is 94.0 Å². The predicted molar refractivity (Wildman–Crippen MR) is 173 cm³/mol. The molecule has 0 aliphatic carbocycles. The highest BCUT2D eigenvalue weighted by atomic mass is 35.5. The molecule has 3 aromatic rings. The summed E-state index contributed by atoms with van der Waals surface area (Å²) in [6.45, 7) is 2.77. The molecule has 3 rings (SSSR count). The fourth-order valence-electron chi connectivity index (χ4n) is 4.71. The molecule has 2 amide bonds. The number of anilines is 1. The van der Waals surface area contributed by atoms with Crippen molar-refractivity contribution in [1.82, 2.24) is 10.2 Å². The van der Waals surface area contributed by atoms with E-state index in [9.17, 15) is 18.0 Å². The first kappa shape index (κ1) is 34.2. The number of hydrogen-bond donors (Lipinski definition) is 1. The Morgan fingerprint density at radius 1 is 0.953 bits per heavy atom. The fourth-order valence-corrected chi connectivity index (χ4v) is 6.13. The summed E-state index contributed by atoms with van der Waals surface area (Å²) in [5.41, 5.74) is 2.07. The second-order valence-corrected chi connectivity index (χ2v) is 13.0. The molecule has 1 N–H and O–H groups in total. The van der Waals surface area contributed by atoms with Crippen LogP contribution in [0.4, 0.5) is 5.69 Å². The lowest BCUT2D eigenvalue weighted by atomic mass is 10.0. The van der Waals surface area contributed by atoms with Gasteiger partial charge in [0, 0.05) is 37.5 Å². The summed E-state index contributed by atoms with van der Waals surface area (Å²) in [5, 5.41) is 3.80. The van der Waals surface area contributed by atoms with E-state index in [-0.39, 0.29) is 42.8 Å². The first-order valence-electron chi connectivity index (χ1n) is 14.2. The first-order chi connectivity index (χ1) is 20.5. The van der Waals surface area contributed by atoms with Gasteiger partial charge in [0.25, 0.3) is 0 Å². The summed E-state index contributed by atoms with van der Waals surface area (Å²) in [7, 11) is -2.20. The van der Waals surface area contributed by atoms with Crippen molar-refractivity contribution in [3.63, 3.8) is 0 Å². The van der Waals surface area contributed by atoms with Gasteiger partial charge in [-0.05, 0) is 54.3 Å². The van der Waals surface area contributed by atoms with Gasteiger partial charge in [-0.1, -0.05) is 79.0 Å². The molecule has 0 spiro atoms. The highest BCUT2D eigenvalue weighted by molar-refractivity contribution is 7.92. The number of benzene rings is 3. The Bertz CT molecular complexity index is 1470. The standard InChI is InChI=1S/C32H39Cl2N3O5S/c1-4-5-18-35-32(39)29(21-24-11-7-6-8-12-24)36(23-25-13-9-14-26(33)20-25)31(38)15-10-19-37(43(3,40)41)27-16-17-30(42-2)28(34)22-27/h6-9,11-14,16-17,20,22,29H,4-5,10,15,18-19,21,23H2,1-3H3,(H,35,39). The average Bonchev–Trinajstić information content (AvgIpc) is 2.97. The molecule has 1 unspecified atom stereocenters. The number of hydrogen-bond acceptors (Lipinski definition) is 5. The van der Waals surface area contributed by atoms with Gasteiger partial charge in [-0.3, -0.25) is 13.9 Å². The average molecular weight is 649 g/mol. The van der Waals surface area contributed by atoms with Crippen LogP contribution in [-0.4, -0.2) is 57.6 Å². The molecule has 232 valence electrons. The van der Waals surface area contributed by atoms with Crippen LogP contribution in [-0.2, 0) is 32.6 Å². The Hall–Kier alpha value is -3.27. The maximum absolute atomic E-state index is 13.9. The van der Waals surface area contributed by atoms with Crippen LogP contribution in [0.1, 0.15) is 43.7 Å². The van der Waals surface area contributed by atoms with Gasteiger partial charge in [0.2, 0.25) is 21.8 Å². The highest BCUT2D eigenvalue weighted by Gasteiger charge is 2.30. The van der Waals surface area contributed by atoms with E-state index in [0.717, 1.165) is 30.2 Å². The maximum atomic E-state index is 13.9. The minimum Gasteiger partial charge on any atom is -0.495 e. The summed E-state index contributed by atoms with van der Waals surface area (Å²) < 4.78 is 31.8. The SMILES string of the molecule is CCCCNC(=O)C(Cc1ccccc1)N(Cc1cccc(Cl)c1)C(=O)CCCN(c1ccc(OC)c(Cl)c1)S(C)(=O)=O. The van der Waals surface area contributed by atoms with E-state index in [1.165, 1.54) is 17.5 Å². The van der Waals surface area contributed by atoms with Crippen LogP contribution in [0.2, 0.25) is 10.0 Å². The van der Waals surface area contributed by atoms with Gasteiger partial charge in [0.05, 0.1) is 24.1 Å². The Kier molecular flexibility index (Phi) is 13.2. The molecule has 0 fully saturated rings. The van der Waals surface area contributed by atoms with Crippen LogP contribution in [0.5, 0.6) is 5.75 Å². The number of rotatable bonds is 16. The van der Waals surface area contributed by atoms with E-state index in [1.807, 2.05) is 43.3 Å². The van der Waals surface area contributed by atoms with Crippen LogP contribution in [0.25, 0.3) is 0 Å². The third-order valence-electron chi connectivity index (χ3n) is 6.92. The van der Waals surface area contributed by atoms with Crippen molar-refractivity contribution in [2.75, 3.05) is 30.8 Å². The number of methoxy groups -OCH3 is 1. The lowest BCUT2D eigenvalue weighted by Crippen LogP contribution is -2.50. The van der Waals surface area contributed by atoms with Gasteiger partial charge in [-0.15, -0.1) is 0 Å². The number of carbonyl (C=O) groups is 2. The summed E-state index contributed by atoms with van der Waals surface area (Å²) >= 11 is 12.5.